The van der Waals surface area contributed by atoms with E-state index in [1.165, 1.54) is 12.8 Å². The number of imidazole rings is 1. The Hall–Kier alpha value is -3.08. The van der Waals surface area contributed by atoms with Crippen LogP contribution in [-0.4, -0.2) is 24.5 Å². The summed E-state index contributed by atoms with van der Waals surface area (Å²) in [6, 6.07) is 12.4. The average Bonchev–Trinajstić information content (AvgIpc) is 3.07. The van der Waals surface area contributed by atoms with Crippen molar-refractivity contribution in [3.8, 4) is 22.6 Å². The van der Waals surface area contributed by atoms with Gasteiger partial charge >= 0.3 is 0 Å². The van der Waals surface area contributed by atoms with E-state index in [2.05, 4.69) is 26.7 Å². The normalized spacial score (nSPS) is 13.7. The van der Waals surface area contributed by atoms with Crippen LogP contribution in [0.4, 0.5) is 0 Å². The number of aryl methyl sites for hydroxylation is 2. The second-order valence-corrected chi connectivity index (χ2v) is 6.76. The lowest BCUT2D eigenvalue weighted by molar-refractivity contribution is 0.526. The SMILES string of the molecule is Cc1cccc(-c2nc3n(c2-c2ccc4nccnc4c2)CCCC3)n1. The van der Waals surface area contributed by atoms with Gasteiger partial charge in [-0.3, -0.25) is 15.0 Å². The Bertz CT molecular complexity index is 1110. The molecule has 5 rings (SSSR count). The van der Waals surface area contributed by atoms with Gasteiger partial charge in [-0.2, -0.15) is 0 Å². The highest BCUT2D eigenvalue weighted by Crippen LogP contribution is 2.35. The van der Waals surface area contributed by atoms with Crippen molar-refractivity contribution in [2.75, 3.05) is 0 Å². The minimum absolute atomic E-state index is 0.902. The molecule has 1 aliphatic heterocycles. The van der Waals surface area contributed by atoms with Gasteiger partial charge < -0.3 is 4.57 Å². The van der Waals surface area contributed by atoms with E-state index < -0.39 is 0 Å². The van der Waals surface area contributed by atoms with Crippen LogP contribution in [0.5, 0.6) is 0 Å². The first-order valence-corrected chi connectivity index (χ1v) is 9.04. The van der Waals surface area contributed by atoms with Gasteiger partial charge in [0, 0.05) is 36.6 Å². The van der Waals surface area contributed by atoms with Gasteiger partial charge in [-0.05, 0) is 44.0 Å². The topological polar surface area (TPSA) is 56.5 Å². The Kier molecular flexibility index (Phi) is 3.52. The first-order valence-electron chi connectivity index (χ1n) is 9.04. The molecule has 0 atom stereocenters. The highest BCUT2D eigenvalue weighted by molar-refractivity contribution is 5.85. The molecule has 5 heteroatoms. The van der Waals surface area contributed by atoms with Crippen molar-refractivity contribution < 1.29 is 0 Å². The minimum atomic E-state index is 0.902. The van der Waals surface area contributed by atoms with E-state index in [4.69, 9.17) is 9.97 Å². The molecule has 0 aliphatic carbocycles. The van der Waals surface area contributed by atoms with Gasteiger partial charge in [-0.1, -0.05) is 12.1 Å². The molecule has 0 amide bonds. The molecular formula is C21H19N5. The van der Waals surface area contributed by atoms with E-state index in [0.29, 0.717) is 0 Å². The zero-order valence-electron chi connectivity index (χ0n) is 14.7. The Balaban J connectivity index is 1.77. The number of fused-ring (bicyclic) bond motifs is 2. The van der Waals surface area contributed by atoms with Crippen LogP contribution in [-0.2, 0) is 13.0 Å². The fraction of sp³-hybridized carbons (Fsp3) is 0.238. The first kappa shape index (κ1) is 15.2. The van der Waals surface area contributed by atoms with Crippen LogP contribution < -0.4 is 0 Å². The van der Waals surface area contributed by atoms with Gasteiger partial charge in [0.25, 0.3) is 0 Å². The number of hydrogen-bond acceptors (Lipinski definition) is 4. The highest BCUT2D eigenvalue weighted by Gasteiger charge is 2.23. The molecule has 3 aromatic heterocycles. The molecular weight excluding hydrogens is 322 g/mol. The predicted octanol–water partition coefficient (Wildman–Crippen LogP) is 4.20. The molecule has 0 N–H and O–H groups in total. The second kappa shape index (κ2) is 6.02. The molecule has 0 spiro atoms. The lowest BCUT2D eigenvalue weighted by Crippen LogP contribution is -2.11. The smallest absolute Gasteiger partial charge is 0.115 e. The van der Waals surface area contributed by atoms with Gasteiger partial charge in [0.15, 0.2) is 0 Å². The van der Waals surface area contributed by atoms with Crippen LogP contribution in [0.25, 0.3) is 33.7 Å². The van der Waals surface area contributed by atoms with Crippen LogP contribution in [0.2, 0.25) is 0 Å². The summed E-state index contributed by atoms with van der Waals surface area (Å²) in [4.78, 5) is 18.6. The fourth-order valence-corrected chi connectivity index (χ4v) is 3.74. The second-order valence-electron chi connectivity index (χ2n) is 6.76. The summed E-state index contributed by atoms with van der Waals surface area (Å²) in [6.45, 7) is 3.02. The van der Waals surface area contributed by atoms with Crippen molar-refractivity contribution in [2.24, 2.45) is 0 Å². The molecule has 26 heavy (non-hydrogen) atoms. The van der Waals surface area contributed by atoms with Crippen LogP contribution >= 0.6 is 0 Å². The van der Waals surface area contributed by atoms with Crippen LogP contribution in [0.3, 0.4) is 0 Å². The number of nitrogens with zero attached hydrogens (tertiary/aromatic N) is 5. The van der Waals surface area contributed by atoms with E-state index in [0.717, 1.165) is 58.2 Å². The molecule has 0 fully saturated rings. The summed E-state index contributed by atoms with van der Waals surface area (Å²) >= 11 is 0. The van der Waals surface area contributed by atoms with Gasteiger partial charge in [-0.15, -0.1) is 0 Å². The third-order valence-corrected chi connectivity index (χ3v) is 4.95. The lowest BCUT2D eigenvalue weighted by atomic mass is 10.1. The first-order chi connectivity index (χ1) is 12.8. The summed E-state index contributed by atoms with van der Waals surface area (Å²) in [5.74, 6) is 1.16. The molecule has 0 saturated carbocycles. The zero-order chi connectivity index (χ0) is 17.5. The predicted molar refractivity (Wildman–Crippen MR) is 102 cm³/mol. The fourth-order valence-electron chi connectivity index (χ4n) is 3.74. The van der Waals surface area contributed by atoms with Crippen molar-refractivity contribution in [1.82, 2.24) is 24.5 Å². The summed E-state index contributed by atoms with van der Waals surface area (Å²) in [7, 11) is 0. The number of aromatic nitrogens is 5. The van der Waals surface area contributed by atoms with E-state index in [1.807, 2.05) is 31.2 Å². The zero-order valence-corrected chi connectivity index (χ0v) is 14.7. The van der Waals surface area contributed by atoms with Crippen LogP contribution in [0.15, 0.2) is 48.8 Å². The summed E-state index contributed by atoms with van der Waals surface area (Å²) in [5.41, 5.74) is 6.98. The van der Waals surface area contributed by atoms with Crippen LogP contribution in [0, 0.1) is 6.92 Å². The van der Waals surface area contributed by atoms with Crippen molar-refractivity contribution in [1.29, 1.82) is 0 Å². The Morgan fingerprint density at radius 3 is 2.69 bits per heavy atom. The lowest BCUT2D eigenvalue weighted by Gasteiger charge is -2.17. The largest absolute Gasteiger partial charge is 0.327 e. The Morgan fingerprint density at radius 1 is 0.923 bits per heavy atom. The van der Waals surface area contributed by atoms with Gasteiger partial charge in [0.2, 0.25) is 0 Å². The minimum Gasteiger partial charge on any atom is -0.327 e. The van der Waals surface area contributed by atoms with Crippen LogP contribution in [0.1, 0.15) is 24.4 Å². The molecule has 0 radical (unpaired) electrons. The van der Waals surface area contributed by atoms with Gasteiger partial charge in [0.05, 0.1) is 22.4 Å². The highest BCUT2D eigenvalue weighted by atomic mass is 15.1. The van der Waals surface area contributed by atoms with Crippen molar-refractivity contribution in [2.45, 2.75) is 32.7 Å². The third kappa shape index (κ3) is 2.47. The molecule has 1 aliphatic rings. The summed E-state index contributed by atoms with van der Waals surface area (Å²) < 4.78 is 2.36. The van der Waals surface area contributed by atoms with Crippen molar-refractivity contribution in [3.05, 3.63) is 60.3 Å². The maximum atomic E-state index is 4.98. The molecule has 1 aromatic carbocycles. The standard InChI is InChI=1S/C21H19N5/c1-14-5-4-6-17(24-14)20-21(26-12-3-2-7-19(26)25-20)15-8-9-16-18(13-15)23-11-10-22-16/h4-6,8-11,13H,2-3,7,12H2,1H3. The van der Waals surface area contributed by atoms with Crippen molar-refractivity contribution >= 4 is 11.0 Å². The molecule has 4 aromatic rings. The summed E-state index contributed by atoms with van der Waals surface area (Å²) in [5, 5.41) is 0. The average molecular weight is 341 g/mol. The van der Waals surface area contributed by atoms with E-state index in [-0.39, 0.29) is 0 Å². The van der Waals surface area contributed by atoms with Gasteiger partial charge in [-0.25, -0.2) is 4.98 Å². The molecule has 5 nitrogen and oxygen atoms in total. The number of benzene rings is 1. The molecule has 0 unspecified atom stereocenters. The third-order valence-electron chi connectivity index (χ3n) is 4.95. The number of pyridine rings is 1. The summed E-state index contributed by atoms with van der Waals surface area (Å²) in [6.07, 6.45) is 6.86. The van der Waals surface area contributed by atoms with E-state index in [9.17, 15) is 0 Å². The van der Waals surface area contributed by atoms with E-state index in [1.54, 1.807) is 12.4 Å². The molecule has 0 bridgehead atoms. The Morgan fingerprint density at radius 2 is 1.81 bits per heavy atom. The number of rotatable bonds is 2. The monoisotopic (exact) mass is 341 g/mol. The molecule has 128 valence electrons. The molecule has 4 heterocycles. The number of hydrogen-bond donors (Lipinski definition) is 0. The quantitative estimate of drug-likeness (QED) is 0.548. The van der Waals surface area contributed by atoms with E-state index >= 15 is 0 Å². The molecule has 0 saturated heterocycles. The maximum Gasteiger partial charge on any atom is 0.115 e. The van der Waals surface area contributed by atoms with Gasteiger partial charge in [0.1, 0.15) is 11.5 Å². The maximum absolute atomic E-state index is 4.98. The van der Waals surface area contributed by atoms with Crippen molar-refractivity contribution in [3.63, 3.8) is 0 Å². The Labute approximate surface area is 151 Å².